The fourth-order valence-corrected chi connectivity index (χ4v) is 5.61. The van der Waals surface area contributed by atoms with Crippen LogP contribution in [0.2, 0.25) is 0 Å². The summed E-state index contributed by atoms with van der Waals surface area (Å²) in [4.78, 5) is 17.1. The zero-order valence-electron chi connectivity index (χ0n) is 22.2. The van der Waals surface area contributed by atoms with Gasteiger partial charge < -0.3 is 14.2 Å². The largest absolute Gasteiger partial charge is 0.416 e. The van der Waals surface area contributed by atoms with Crippen LogP contribution < -0.4 is 4.90 Å². The van der Waals surface area contributed by atoms with Crippen LogP contribution in [0.4, 0.5) is 18.9 Å². The molecule has 0 radical (unpaired) electrons. The summed E-state index contributed by atoms with van der Waals surface area (Å²) in [5.41, 5.74) is 2.93. The number of ether oxygens (including phenoxy) is 1. The summed E-state index contributed by atoms with van der Waals surface area (Å²) >= 11 is 0. The van der Waals surface area contributed by atoms with Crippen molar-refractivity contribution in [1.82, 2.24) is 19.7 Å². The summed E-state index contributed by atoms with van der Waals surface area (Å²) < 4.78 is 50.1. The van der Waals surface area contributed by atoms with Crippen LogP contribution in [-0.2, 0) is 31.1 Å². The monoisotopic (exact) mass is 547 g/mol. The van der Waals surface area contributed by atoms with Crippen LogP contribution in [-0.4, -0.2) is 51.4 Å². The van der Waals surface area contributed by atoms with Crippen molar-refractivity contribution in [3.63, 3.8) is 0 Å². The van der Waals surface area contributed by atoms with Crippen LogP contribution in [0.1, 0.15) is 34.0 Å². The van der Waals surface area contributed by atoms with Crippen molar-refractivity contribution >= 4 is 11.6 Å². The molecule has 2 aliphatic heterocycles. The van der Waals surface area contributed by atoms with E-state index in [9.17, 15) is 18.0 Å². The highest BCUT2D eigenvalue weighted by atomic mass is 19.4. The summed E-state index contributed by atoms with van der Waals surface area (Å²) in [6.45, 7) is 3.91. The van der Waals surface area contributed by atoms with Gasteiger partial charge in [-0.1, -0.05) is 36.4 Å². The third-order valence-corrected chi connectivity index (χ3v) is 7.49. The van der Waals surface area contributed by atoms with Crippen molar-refractivity contribution in [2.45, 2.75) is 32.3 Å². The number of rotatable bonds is 5. The molecule has 0 aliphatic carbocycles. The predicted octanol–water partition coefficient (Wildman–Crippen LogP) is 5.55. The molecule has 1 fully saturated rings. The molecule has 0 spiro atoms. The fraction of sp³-hybridized carbons (Fsp3) is 0.300. The van der Waals surface area contributed by atoms with Gasteiger partial charge in [0.15, 0.2) is 5.82 Å². The van der Waals surface area contributed by atoms with E-state index in [1.165, 1.54) is 11.0 Å². The van der Waals surface area contributed by atoms with Crippen LogP contribution in [0.3, 0.4) is 0 Å². The van der Waals surface area contributed by atoms with Gasteiger partial charge in [-0.05, 0) is 53.4 Å². The Morgan fingerprint density at radius 2 is 1.82 bits per heavy atom. The van der Waals surface area contributed by atoms with E-state index in [1.807, 2.05) is 61.0 Å². The highest BCUT2D eigenvalue weighted by molar-refractivity contribution is 6.10. The maximum Gasteiger partial charge on any atom is 0.416 e. The number of aryl methyl sites for hydroxylation is 1. The summed E-state index contributed by atoms with van der Waals surface area (Å²) in [5.74, 6) is 0.249. The zero-order valence-corrected chi connectivity index (χ0v) is 22.2. The van der Waals surface area contributed by atoms with Crippen molar-refractivity contribution in [2.24, 2.45) is 7.05 Å². The van der Waals surface area contributed by atoms with Crippen molar-refractivity contribution in [2.75, 3.05) is 24.6 Å². The van der Waals surface area contributed by atoms with E-state index in [0.717, 1.165) is 16.7 Å². The number of carbonyl (C=O) groups is 1. The van der Waals surface area contributed by atoms with Gasteiger partial charge in [-0.3, -0.25) is 9.69 Å². The number of alkyl halides is 3. The fourth-order valence-electron chi connectivity index (χ4n) is 5.61. The lowest BCUT2D eigenvalue weighted by atomic mass is 9.98. The minimum Gasteiger partial charge on any atom is -0.376 e. The molecule has 1 atom stereocenters. The van der Waals surface area contributed by atoms with Gasteiger partial charge in [-0.2, -0.15) is 13.2 Å². The number of halogens is 3. The lowest BCUT2D eigenvalue weighted by molar-refractivity contribution is -0.138. The summed E-state index contributed by atoms with van der Waals surface area (Å²) in [5, 5.41) is 8.21. The van der Waals surface area contributed by atoms with Gasteiger partial charge in [0.2, 0.25) is 0 Å². The molecule has 0 bridgehead atoms. The standard InChI is InChI=1S/C30H28F3N5O2/c1-19-15-37(10-11-40-19)16-20-12-25-26(27(13-20)30(31,32)33)17-38(29(25)39)22-7-5-6-21(14-22)23-8-3-4-9-24(23)28-35-34-18-36(28)2/h3-9,12-14,18-19H,10-11,15-17H2,1-2H3. The van der Waals surface area contributed by atoms with Crippen LogP contribution in [0, 0.1) is 0 Å². The summed E-state index contributed by atoms with van der Waals surface area (Å²) in [7, 11) is 1.86. The Kier molecular flexibility index (Phi) is 6.67. The highest BCUT2D eigenvalue weighted by Gasteiger charge is 2.40. The number of morpholine rings is 1. The van der Waals surface area contributed by atoms with Crippen LogP contribution in [0.25, 0.3) is 22.5 Å². The molecule has 0 N–H and O–H groups in total. The third kappa shape index (κ3) is 4.89. The number of nitrogens with zero attached hydrogens (tertiary/aromatic N) is 5. The second kappa shape index (κ2) is 10.2. The Morgan fingerprint density at radius 1 is 1.02 bits per heavy atom. The third-order valence-electron chi connectivity index (χ3n) is 7.49. The molecule has 40 heavy (non-hydrogen) atoms. The Hall–Kier alpha value is -4.02. The first kappa shape index (κ1) is 26.2. The van der Waals surface area contributed by atoms with E-state index in [1.54, 1.807) is 18.5 Å². The SMILES string of the molecule is CC1CN(Cc2cc3c(c(C(F)(F)F)c2)CN(c2cccc(-c4ccccc4-c4nncn4C)c2)C3=O)CCO1. The molecular weight excluding hydrogens is 519 g/mol. The lowest BCUT2D eigenvalue weighted by Crippen LogP contribution is -2.40. The van der Waals surface area contributed by atoms with Gasteiger partial charge in [0.05, 0.1) is 24.8 Å². The highest BCUT2D eigenvalue weighted by Crippen LogP contribution is 2.41. The molecule has 1 aromatic heterocycles. The number of fused-ring (bicyclic) bond motifs is 1. The van der Waals surface area contributed by atoms with E-state index in [0.29, 0.717) is 43.3 Å². The molecule has 0 saturated carbocycles. The minimum absolute atomic E-state index is 0.00783. The van der Waals surface area contributed by atoms with Gasteiger partial charge in [0, 0.05) is 43.5 Å². The number of carbonyl (C=O) groups excluding carboxylic acids is 1. The first-order chi connectivity index (χ1) is 19.2. The number of aromatic nitrogens is 3. The lowest BCUT2D eigenvalue weighted by Gasteiger charge is -2.31. The number of hydrogen-bond donors (Lipinski definition) is 0. The van der Waals surface area contributed by atoms with E-state index in [4.69, 9.17) is 4.74 Å². The minimum atomic E-state index is -4.58. The molecule has 1 unspecified atom stereocenters. The first-order valence-electron chi connectivity index (χ1n) is 13.1. The number of anilines is 1. The predicted molar refractivity (Wildman–Crippen MR) is 145 cm³/mol. The van der Waals surface area contributed by atoms with Gasteiger partial charge >= 0.3 is 6.18 Å². The molecule has 10 heteroatoms. The van der Waals surface area contributed by atoms with E-state index in [2.05, 4.69) is 15.1 Å². The number of amides is 1. The van der Waals surface area contributed by atoms with E-state index < -0.39 is 17.6 Å². The molecule has 3 heterocycles. The molecule has 6 rings (SSSR count). The van der Waals surface area contributed by atoms with Crippen molar-refractivity contribution in [3.8, 4) is 22.5 Å². The molecule has 1 amide bonds. The van der Waals surface area contributed by atoms with E-state index >= 15 is 0 Å². The van der Waals surface area contributed by atoms with Crippen molar-refractivity contribution in [3.05, 3.63) is 89.2 Å². The van der Waals surface area contributed by atoms with Crippen molar-refractivity contribution < 1.29 is 22.7 Å². The zero-order chi connectivity index (χ0) is 28.0. The number of hydrogen-bond acceptors (Lipinski definition) is 5. The molecular formula is C30H28F3N5O2. The first-order valence-corrected chi connectivity index (χ1v) is 13.1. The van der Waals surface area contributed by atoms with Crippen LogP contribution in [0.5, 0.6) is 0 Å². The normalized spacial score (nSPS) is 17.9. The second-order valence-electron chi connectivity index (χ2n) is 10.3. The quantitative estimate of drug-likeness (QED) is 0.328. The summed E-state index contributed by atoms with van der Waals surface area (Å²) in [6.07, 6.45) is -2.95. The van der Waals surface area contributed by atoms with Gasteiger partial charge in [-0.25, -0.2) is 0 Å². The average Bonchev–Trinajstić information content (AvgIpc) is 3.50. The molecule has 7 nitrogen and oxygen atoms in total. The van der Waals surface area contributed by atoms with Crippen LogP contribution >= 0.6 is 0 Å². The van der Waals surface area contributed by atoms with Gasteiger partial charge in [0.1, 0.15) is 6.33 Å². The molecule has 1 saturated heterocycles. The maximum atomic E-state index is 14.2. The van der Waals surface area contributed by atoms with Crippen molar-refractivity contribution in [1.29, 1.82) is 0 Å². The molecule has 3 aromatic carbocycles. The molecule has 206 valence electrons. The molecule has 2 aliphatic rings. The average molecular weight is 548 g/mol. The Labute approximate surface area is 229 Å². The van der Waals surface area contributed by atoms with Crippen LogP contribution in [0.15, 0.2) is 67.0 Å². The Balaban J connectivity index is 1.35. The maximum absolute atomic E-state index is 14.2. The second-order valence-corrected chi connectivity index (χ2v) is 10.3. The number of benzene rings is 3. The Morgan fingerprint density at radius 3 is 2.55 bits per heavy atom. The van der Waals surface area contributed by atoms with Gasteiger partial charge in [0.25, 0.3) is 5.91 Å². The Bertz CT molecular complexity index is 1580. The van der Waals surface area contributed by atoms with E-state index in [-0.39, 0.29) is 23.8 Å². The summed E-state index contributed by atoms with van der Waals surface area (Å²) in [6, 6.07) is 17.8. The molecule has 4 aromatic rings. The topological polar surface area (TPSA) is 63.5 Å². The van der Waals surface area contributed by atoms with Gasteiger partial charge in [-0.15, -0.1) is 10.2 Å². The smallest absolute Gasteiger partial charge is 0.376 e.